The summed E-state index contributed by atoms with van der Waals surface area (Å²) in [7, 11) is 3.25. The molecule has 0 amide bonds. The molecule has 1 N–H and O–H groups in total. The zero-order valence-corrected chi connectivity index (χ0v) is 12.4. The molecule has 1 aromatic carbocycles. The number of rotatable bonds is 5. The van der Waals surface area contributed by atoms with Crippen LogP contribution < -0.4 is 9.47 Å². The van der Waals surface area contributed by atoms with E-state index < -0.39 is 5.97 Å². The van der Waals surface area contributed by atoms with Gasteiger partial charge >= 0.3 is 5.97 Å². The van der Waals surface area contributed by atoms with E-state index in [2.05, 4.69) is 4.90 Å². The summed E-state index contributed by atoms with van der Waals surface area (Å²) < 4.78 is 10.6. The first kappa shape index (κ1) is 14.2. The van der Waals surface area contributed by atoms with E-state index >= 15 is 0 Å². The lowest BCUT2D eigenvalue weighted by atomic mass is 9.89. The van der Waals surface area contributed by atoms with Gasteiger partial charge in [-0.25, -0.2) is 0 Å². The number of nitrogens with zero attached hydrogens (tertiary/aromatic N) is 1. The molecule has 0 radical (unpaired) electrons. The van der Waals surface area contributed by atoms with Crippen LogP contribution in [0.3, 0.4) is 0 Å². The number of carboxylic acid groups (broad SMARTS) is 1. The van der Waals surface area contributed by atoms with Crippen LogP contribution >= 0.6 is 0 Å². The van der Waals surface area contributed by atoms with Crippen molar-refractivity contribution in [1.82, 2.24) is 4.90 Å². The quantitative estimate of drug-likeness (QED) is 0.900. The highest BCUT2D eigenvalue weighted by Crippen LogP contribution is 2.43. The number of hydrogen-bond donors (Lipinski definition) is 1. The van der Waals surface area contributed by atoms with Gasteiger partial charge in [0.1, 0.15) is 0 Å². The molecule has 2 fully saturated rings. The monoisotopic (exact) mass is 291 g/mol. The van der Waals surface area contributed by atoms with Crippen LogP contribution in [-0.4, -0.2) is 42.3 Å². The topological polar surface area (TPSA) is 59.0 Å². The van der Waals surface area contributed by atoms with Crippen LogP contribution in [0.4, 0.5) is 0 Å². The largest absolute Gasteiger partial charge is 0.493 e. The molecule has 5 heteroatoms. The van der Waals surface area contributed by atoms with Crippen molar-refractivity contribution in [2.75, 3.05) is 14.2 Å². The minimum atomic E-state index is -0.653. The SMILES string of the molecule is COc1ccc(CN2C3CCC2C(C(=O)O)C3)cc1OC. The summed E-state index contributed by atoms with van der Waals surface area (Å²) in [5.74, 6) is 0.578. The van der Waals surface area contributed by atoms with Gasteiger partial charge in [-0.05, 0) is 37.0 Å². The number of benzene rings is 1. The summed E-state index contributed by atoms with van der Waals surface area (Å²) in [5.41, 5.74) is 1.13. The van der Waals surface area contributed by atoms with Crippen LogP contribution in [0.1, 0.15) is 24.8 Å². The Morgan fingerprint density at radius 2 is 2.05 bits per heavy atom. The molecule has 3 atom stereocenters. The normalized spacial score (nSPS) is 27.8. The molecule has 1 aromatic rings. The van der Waals surface area contributed by atoms with E-state index in [0.717, 1.165) is 37.1 Å². The number of fused-ring (bicyclic) bond motifs is 2. The Morgan fingerprint density at radius 3 is 2.67 bits per heavy atom. The molecule has 3 rings (SSSR count). The van der Waals surface area contributed by atoms with Crippen molar-refractivity contribution in [2.24, 2.45) is 5.92 Å². The number of carbonyl (C=O) groups is 1. The number of methoxy groups -OCH3 is 2. The summed E-state index contributed by atoms with van der Waals surface area (Å²) in [6.07, 6.45) is 2.89. The fourth-order valence-corrected chi connectivity index (χ4v) is 3.80. The summed E-state index contributed by atoms with van der Waals surface area (Å²) in [5, 5.41) is 9.31. The van der Waals surface area contributed by atoms with Gasteiger partial charge in [-0.2, -0.15) is 0 Å². The zero-order valence-electron chi connectivity index (χ0n) is 12.4. The van der Waals surface area contributed by atoms with Crippen molar-refractivity contribution in [3.63, 3.8) is 0 Å². The standard InChI is InChI=1S/C16H21NO4/c1-20-14-6-3-10(7-15(14)21-2)9-17-11-4-5-13(17)12(8-11)16(18)19/h3,6-7,11-13H,4-5,8-9H2,1-2H3,(H,18,19). The van der Waals surface area contributed by atoms with Crippen LogP contribution in [0.15, 0.2) is 18.2 Å². The molecule has 2 saturated heterocycles. The smallest absolute Gasteiger partial charge is 0.308 e. The molecule has 2 aliphatic heterocycles. The lowest BCUT2D eigenvalue weighted by Gasteiger charge is -2.23. The molecule has 0 aromatic heterocycles. The van der Waals surface area contributed by atoms with E-state index in [-0.39, 0.29) is 12.0 Å². The Kier molecular flexibility index (Phi) is 3.76. The molecule has 2 heterocycles. The molecule has 0 aliphatic carbocycles. The molecule has 114 valence electrons. The fourth-order valence-electron chi connectivity index (χ4n) is 3.80. The lowest BCUT2D eigenvalue weighted by Crippen LogP contribution is -2.32. The summed E-state index contributed by atoms with van der Waals surface area (Å²) in [6.45, 7) is 0.777. The maximum absolute atomic E-state index is 11.3. The fraction of sp³-hybridized carbons (Fsp3) is 0.562. The second-order valence-electron chi connectivity index (χ2n) is 5.84. The van der Waals surface area contributed by atoms with Gasteiger partial charge in [-0.3, -0.25) is 9.69 Å². The van der Waals surface area contributed by atoms with E-state index in [1.807, 2.05) is 18.2 Å². The third-order valence-electron chi connectivity index (χ3n) is 4.81. The van der Waals surface area contributed by atoms with Gasteiger partial charge in [0.2, 0.25) is 0 Å². The zero-order chi connectivity index (χ0) is 15.0. The van der Waals surface area contributed by atoms with Crippen molar-refractivity contribution in [3.8, 4) is 11.5 Å². The van der Waals surface area contributed by atoms with Gasteiger partial charge in [0.25, 0.3) is 0 Å². The first-order chi connectivity index (χ1) is 10.1. The van der Waals surface area contributed by atoms with E-state index in [0.29, 0.717) is 11.8 Å². The van der Waals surface area contributed by atoms with Gasteiger partial charge in [-0.15, -0.1) is 0 Å². The van der Waals surface area contributed by atoms with Gasteiger partial charge < -0.3 is 14.6 Å². The molecule has 21 heavy (non-hydrogen) atoms. The van der Waals surface area contributed by atoms with Crippen LogP contribution in [0.5, 0.6) is 11.5 Å². The second-order valence-corrected chi connectivity index (χ2v) is 5.84. The lowest BCUT2D eigenvalue weighted by molar-refractivity contribution is -0.142. The molecular formula is C16H21NO4. The Morgan fingerprint density at radius 1 is 1.29 bits per heavy atom. The van der Waals surface area contributed by atoms with Gasteiger partial charge in [0.05, 0.1) is 20.1 Å². The molecule has 0 spiro atoms. The van der Waals surface area contributed by atoms with Crippen molar-refractivity contribution in [1.29, 1.82) is 0 Å². The molecule has 5 nitrogen and oxygen atoms in total. The van der Waals surface area contributed by atoms with E-state index in [9.17, 15) is 9.90 Å². The van der Waals surface area contributed by atoms with Gasteiger partial charge in [-0.1, -0.05) is 6.07 Å². The molecule has 2 bridgehead atoms. The molecular weight excluding hydrogens is 270 g/mol. The van der Waals surface area contributed by atoms with E-state index in [1.54, 1.807) is 14.2 Å². The predicted molar refractivity (Wildman–Crippen MR) is 77.6 cm³/mol. The minimum absolute atomic E-state index is 0.181. The van der Waals surface area contributed by atoms with Crippen LogP contribution in [-0.2, 0) is 11.3 Å². The molecule has 2 aliphatic rings. The average molecular weight is 291 g/mol. The number of aliphatic carboxylic acids is 1. The van der Waals surface area contributed by atoms with Crippen molar-refractivity contribution < 1.29 is 19.4 Å². The van der Waals surface area contributed by atoms with Gasteiger partial charge in [0, 0.05) is 18.6 Å². The number of ether oxygens (including phenoxy) is 2. The highest BCUT2D eigenvalue weighted by atomic mass is 16.5. The second kappa shape index (κ2) is 5.56. The molecule has 3 unspecified atom stereocenters. The summed E-state index contributed by atoms with van der Waals surface area (Å²) in [4.78, 5) is 13.7. The van der Waals surface area contributed by atoms with Crippen molar-refractivity contribution in [2.45, 2.75) is 37.9 Å². The summed E-state index contributed by atoms with van der Waals surface area (Å²) >= 11 is 0. The highest BCUT2D eigenvalue weighted by Gasteiger charge is 2.48. The maximum atomic E-state index is 11.3. The van der Waals surface area contributed by atoms with E-state index in [1.165, 1.54) is 0 Å². The minimum Gasteiger partial charge on any atom is -0.493 e. The van der Waals surface area contributed by atoms with E-state index in [4.69, 9.17) is 9.47 Å². The number of hydrogen-bond acceptors (Lipinski definition) is 4. The van der Waals surface area contributed by atoms with Gasteiger partial charge in [0.15, 0.2) is 11.5 Å². The van der Waals surface area contributed by atoms with Crippen LogP contribution in [0.2, 0.25) is 0 Å². The molecule has 0 saturated carbocycles. The van der Waals surface area contributed by atoms with Crippen molar-refractivity contribution in [3.05, 3.63) is 23.8 Å². The third-order valence-corrected chi connectivity index (χ3v) is 4.81. The Labute approximate surface area is 124 Å². The Bertz CT molecular complexity index is 545. The Hall–Kier alpha value is -1.75. The van der Waals surface area contributed by atoms with Crippen LogP contribution in [0.25, 0.3) is 0 Å². The van der Waals surface area contributed by atoms with Crippen molar-refractivity contribution >= 4 is 5.97 Å². The number of carboxylic acids is 1. The predicted octanol–water partition coefficient (Wildman–Crippen LogP) is 2.14. The van der Waals surface area contributed by atoms with Crippen LogP contribution in [0, 0.1) is 5.92 Å². The first-order valence-corrected chi connectivity index (χ1v) is 7.33. The Balaban J connectivity index is 1.77. The third kappa shape index (κ3) is 2.46. The average Bonchev–Trinajstić information content (AvgIpc) is 3.04. The maximum Gasteiger partial charge on any atom is 0.308 e. The summed E-state index contributed by atoms with van der Waals surface area (Å²) in [6, 6.07) is 6.49. The highest BCUT2D eigenvalue weighted by molar-refractivity contribution is 5.71. The first-order valence-electron chi connectivity index (χ1n) is 7.33.